The van der Waals surface area contributed by atoms with Crippen molar-refractivity contribution in [2.24, 2.45) is 0 Å². The van der Waals surface area contributed by atoms with Crippen LogP contribution in [0.5, 0.6) is 0 Å². The molecule has 1 aromatic heterocycles. The topological polar surface area (TPSA) is 50.2 Å². The summed E-state index contributed by atoms with van der Waals surface area (Å²) < 4.78 is 0. The summed E-state index contributed by atoms with van der Waals surface area (Å²) in [7, 11) is 0. The summed E-state index contributed by atoms with van der Waals surface area (Å²) in [6.45, 7) is 0. The number of carbonyl (C=O) groups is 1. The van der Waals surface area contributed by atoms with Crippen LogP contribution in [0.2, 0.25) is 0 Å². The van der Waals surface area contributed by atoms with Gasteiger partial charge in [-0.2, -0.15) is 0 Å². The number of rotatable bonds is 0. The number of halogens is 2. The van der Waals surface area contributed by atoms with Gasteiger partial charge in [-0.15, -0.1) is 0 Å². The van der Waals surface area contributed by atoms with E-state index in [1.54, 1.807) is 12.1 Å². The fourth-order valence-corrected chi connectivity index (χ4v) is 1.69. The Hall–Kier alpha value is -0.900. The number of hydrogen-bond donors (Lipinski definition) is 1. The predicted octanol–water partition coefficient (Wildman–Crippen LogP) is 2.00. The summed E-state index contributed by atoms with van der Waals surface area (Å²) in [5, 5.41) is 9.42. The average Bonchev–Trinajstić information content (AvgIpc) is 2.23. The van der Waals surface area contributed by atoms with Crippen molar-refractivity contribution in [3.05, 3.63) is 39.7 Å². The van der Waals surface area contributed by atoms with Crippen molar-refractivity contribution in [3.8, 4) is 0 Å². The molecule has 5 heteroatoms. The lowest BCUT2D eigenvalue weighted by molar-refractivity contribution is 0.102. The Bertz CT molecular complexity index is 442. The minimum Gasteiger partial charge on any atom is -0.381 e. The lowest BCUT2D eigenvalue weighted by Crippen LogP contribution is -2.17. The number of aliphatic hydroxyl groups excluding tert-OH is 1. The van der Waals surface area contributed by atoms with Crippen LogP contribution >= 0.6 is 23.2 Å². The van der Waals surface area contributed by atoms with Crippen LogP contribution in [0.3, 0.4) is 0 Å². The third kappa shape index (κ3) is 1.25. The van der Waals surface area contributed by atoms with E-state index in [2.05, 4.69) is 4.98 Å². The molecule has 1 aromatic rings. The fraction of sp³-hybridized carbons (Fsp3) is 0.111. The van der Waals surface area contributed by atoms with Gasteiger partial charge in [-0.05, 0) is 12.1 Å². The highest BCUT2D eigenvalue weighted by Crippen LogP contribution is 2.36. The first-order valence-electron chi connectivity index (χ1n) is 3.85. The molecule has 0 spiro atoms. The maximum absolute atomic E-state index is 11.5. The molecule has 14 heavy (non-hydrogen) atoms. The highest BCUT2D eigenvalue weighted by molar-refractivity contribution is 6.51. The molecule has 1 aliphatic carbocycles. The van der Waals surface area contributed by atoms with Crippen LogP contribution < -0.4 is 0 Å². The Morgan fingerprint density at radius 2 is 2.14 bits per heavy atom. The lowest BCUT2D eigenvalue weighted by Gasteiger charge is -2.18. The molecule has 0 aliphatic heterocycles. The second-order valence-electron chi connectivity index (χ2n) is 2.83. The van der Waals surface area contributed by atoms with Crippen LogP contribution in [0.15, 0.2) is 28.4 Å². The summed E-state index contributed by atoms with van der Waals surface area (Å²) in [6.07, 6.45) is 0.386. The Kier molecular flexibility index (Phi) is 2.31. The highest BCUT2D eigenvalue weighted by atomic mass is 35.5. The molecule has 0 bridgehead atoms. The van der Waals surface area contributed by atoms with Gasteiger partial charge in [-0.3, -0.25) is 9.78 Å². The first-order chi connectivity index (χ1) is 6.63. The van der Waals surface area contributed by atoms with E-state index in [9.17, 15) is 9.90 Å². The molecule has 0 aromatic carbocycles. The molecule has 1 heterocycles. The number of Topliss-reactive ketones (excluding diaryl/α,β-unsaturated/α-hetero) is 1. The van der Waals surface area contributed by atoms with E-state index in [4.69, 9.17) is 23.2 Å². The molecule has 72 valence electrons. The van der Waals surface area contributed by atoms with Gasteiger partial charge in [-0.1, -0.05) is 23.2 Å². The van der Waals surface area contributed by atoms with E-state index in [0.717, 1.165) is 0 Å². The number of aromatic nitrogens is 1. The second-order valence-corrected chi connectivity index (χ2v) is 3.61. The molecule has 0 fully saturated rings. The normalized spacial score (nSPS) is 21.1. The molecule has 2 rings (SSSR count). The van der Waals surface area contributed by atoms with Gasteiger partial charge in [0.2, 0.25) is 5.78 Å². The molecular weight excluding hydrogens is 225 g/mol. The zero-order chi connectivity index (χ0) is 10.3. The molecule has 0 radical (unpaired) electrons. The first-order valence-corrected chi connectivity index (χ1v) is 4.61. The molecule has 3 nitrogen and oxygen atoms in total. The quantitative estimate of drug-likeness (QED) is 0.741. The third-order valence-corrected chi connectivity index (χ3v) is 2.86. The minimum atomic E-state index is -1.10. The first kappa shape index (κ1) is 9.65. The van der Waals surface area contributed by atoms with Crippen molar-refractivity contribution in [3.63, 3.8) is 0 Å². The number of pyridine rings is 1. The zero-order valence-corrected chi connectivity index (χ0v) is 8.38. The van der Waals surface area contributed by atoms with Crippen LogP contribution in [-0.2, 0) is 0 Å². The number of aliphatic hydroxyl groups is 1. The smallest absolute Gasteiger partial charge is 0.207 e. The van der Waals surface area contributed by atoms with Gasteiger partial charge in [0.05, 0.1) is 10.7 Å². The Morgan fingerprint density at radius 1 is 1.43 bits per heavy atom. The monoisotopic (exact) mass is 229 g/mol. The number of carbonyl (C=O) groups excluding carboxylic acids is 1. The third-order valence-electron chi connectivity index (χ3n) is 1.99. The van der Waals surface area contributed by atoms with Crippen molar-refractivity contribution >= 4 is 29.0 Å². The number of allylic oxidation sites excluding steroid dienone is 1. The largest absolute Gasteiger partial charge is 0.381 e. The maximum Gasteiger partial charge on any atom is 0.207 e. The molecule has 0 amide bonds. The van der Waals surface area contributed by atoms with E-state index >= 15 is 0 Å². The van der Waals surface area contributed by atoms with E-state index in [-0.39, 0.29) is 15.8 Å². The summed E-state index contributed by atoms with van der Waals surface area (Å²) in [4.78, 5) is 15.4. The molecule has 1 atom stereocenters. The van der Waals surface area contributed by atoms with Crippen molar-refractivity contribution in [2.75, 3.05) is 0 Å². The zero-order valence-electron chi connectivity index (χ0n) is 6.87. The number of ketones is 1. The Labute approximate surface area is 90.0 Å². The molecule has 1 aliphatic rings. The van der Waals surface area contributed by atoms with Gasteiger partial charge < -0.3 is 5.11 Å². The van der Waals surface area contributed by atoms with Gasteiger partial charge >= 0.3 is 0 Å². The van der Waals surface area contributed by atoms with E-state index in [1.807, 2.05) is 0 Å². The summed E-state index contributed by atoms with van der Waals surface area (Å²) in [5.41, 5.74) is 0.557. The van der Waals surface area contributed by atoms with Crippen LogP contribution in [0.25, 0.3) is 0 Å². The molecule has 0 saturated heterocycles. The van der Waals surface area contributed by atoms with Gasteiger partial charge in [0.25, 0.3) is 0 Å². The van der Waals surface area contributed by atoms with Gasteiger partial charge in [0, 0.05) is 11.8 Å². The Morgan fingerprint density at radius 3 is 2.86 bits per heavy atom. The van der Waals surface area contributed by atoms with Crippen molar-refractivity contribution in [1.82, 2.24) is 4.98 Å². The SMILES string of the molecule is O=C1C(Cl)=C(Cl)C(O)c2ncccc21. The lowest BCUT2D eigenvalue weighted by atomic mass is 9.98. The van der Waals surface area contributed by atoms with Crippen LogP contribution in [0, 0.1) is 0 Å². The Balaban J connectivity index is 2.67. The standard InChI is InChI=1S/C9H5Cl2NO2/c10-5-6(11)9(14)7-4(8(5)13)2-1-3-12-7/h1-3,9,14H. The summed E-state index contributed by atoms with van der Waals surface area (Å²) in [5.74, 6) is -0.398. The van der Waals surface area contributed by atoms with Gasteiger partial charge in [0.15, 0.2) is 0 Å². The molecule has 0 saturated carbocycles. The van der Waals surface area contributed by atoms with Crippen LogP contribution in [0.4, 0.5) is 0 Å². The van der Waals surface area contributed by atoms with Crippen molar-refractivity contribution in [1.29, 1.82) is 0 Å². The average molecular weight is 230 g/mol. The molecule has 1 unspecified atom stereocenters. The van der Waals surface area contributed by atoms with E-state index in [0.29, 0.717) is 5.56 Å². The second kappa shape index (κ2) is 3.35. The minimum absolute atomic E-state index is 0.0668. The van der Waals surface area contributed by atoms with Crippen LogP contribution in [0.1, 0.15) is 22.2 Å². The van der Waals surface area contributed by atoms with Gasteiger partial charge in [-0.25, -0.2) is 0 Å². The number of hydrogen-bond acceptors (Lipinski definition) is 3. The summed E-state index contributed by atoms with van der Waals surface area (Å²) in [6, 6.07) is 3.16. The highest BCUT2D eigenvalue weighted by Gasteiger charge is 2.31. The molecule has 1 N–H and O–H groups in total. The number of fused-ring (bicyclic) bond motifs is 1. The van der Waals surface area contributed by atoms with Crippen LogP contribution in [-0.4, -0.2) is 15.9 Å². The fourth-order valence-electron chi connectivity index (χ4n) is 1.29. The molecular formula is C9H5Cl2NO2. The van der Waals surface area contributed by atoms with Crippen molar-refractivity contribution < 1.29 is 9.90 Å². The van der Waals surface area contributed by atoms with E-state index < -0.39 is 11.9 Å². The summed E-state index contributed by atoms with van der Waals surface area (Å²) >= 11 is 11.3. The predicted molar refractivity (Wildman–Crippen MR) is 52.3 cm³/mol. The van der Waals surface area contributed by atoms with Crippen molar-refractivity contribution in [2.45, 2.75) is 6.10 Å². The number of nitrogens with zero attached hydrogens (tertiary/aromatic N) is 1. The van der Waals surface area contributed by atoms with Gasteiger partial charge in [0.1, 0.15) is 11.1 Å². The maximum atomic E-state index is 11.5. The van der Waals surface area contributed by atoms with E-state index in [1.165, 1.54) is 6.20 Å².